The van der Waals surface area contributed by atoms with Gasteiger partial charge in [0.05, 0.1) is 27.5 Å². The van der Waals surface area contributed by atoms with Gasteiger partial charge in [0.15, 0.2) is 0 Å². The van der Waals surface area contributed by atoms with E-state index >= 15 is 0 Å². The Morgan fingerprint density at radius 2 is 1.71 bits per heavy atom. The Bertz CT molecular complexity index is 826. The molecule has 1 saturated heterocycles. The van der Waals surface area contributed by atoms with Crippen molar-refractivity contribution in [3.63, 3.8) is 0 Å². The van der Waals surface area contributed by atoms with Crippen molar-refractivity contribution in [2.75, 3.05) is 4.90 Å². The number of nitro benzene ring substituents is 1. The number of halogens is 1. The summed E-state index contributed by atoms with van der Waals surface area (Å²) in [6, 6.07) is 3.84. The number of carbonyl (C=O) groups is 2. The number of carbonyl (C=O) groups excluding carboxylic acids is 2. The van der Waals surface area contributed by atoms with Crippen molar-refractivity contribution >= 4 is 34.8 Å². The molecule has 1 spiro atoms. The molecule has 2 bridgehead atoms. The van der Waals surface area contributed by atoms with Crippen molar-refractivity contribution in [3.05, 3.63) is 45.5 Å². The van der Waals surface area contributed by atoms with Crippen LogP contribution in [0.25, 0.3) is 0 Å². The Balaban J connectivity index is 1.59. The van der Waals surface area contributed by atoms with Crippen LogP contribution in [0.2, 0.25) is 5.02 Å². The molecule has 1 aromatic rings. The minimum absolute atomic E-state index is 0.117. The van der Waals surface area contributed by atoms with Crippen LogP contribution in [-0.2, 0) is 9.59 Å². The maximum Gasteiger partial charge on any atom is 0.271 e. The second-order valence-electron chi connectivity index (χ2n) is 7.13. The van der Waals surface area contributed by atoms with Crippen LogP contribution in [0.4, 0.5) is 11.4 Å². The van der Waals surface area contributed by atoms with Crippen molar-refractivity contribution in [2.24, 2.45) is 29.1 Å². The van der Waals surface area contributed by atoms with E-state index in [1.807, 2.05) is 0 Å². The van der Waals surface area contributed by atoms with Gasteiger partial charge in [-0.1, -0.05) is 23.8 Å². The predicted molar refractivity (Wildman–Crippen MR) is 85.4 cm³/mol. The van der Waals surface area contributed by atoms with E-state index in [1.165, 1.54) is 18.2 Å². The molecule has 24 heavy (non-hydrogen) atoms. The average Bonchev–Trinajstić information content (AvgIpc) is 3.14. The number of fused-ring (bicyclic) bond motifs is 3. The molecular weight excluding hydrogens is 332 g/mol. The number of nitrogens with zero attached hydrogens (tertiary/aromatic N) is 2. The third kappa shape index (κ3) is 1.48. The van der Waals surface area contributed by atoms with E-state index in [4.69, 9.17) is 11.6 Å². The van der Waals surface area contributed by atoms with Gasteiger partial charge in [0.2, 0.25) is 11.8 Å². The zero-order valence-electron chi connectivity index (χ0n) is 12.5. The first-order chi connectivity index (χ1) is 11.5. The van der Waals surface area contributed by atoms with Crippen LogP contribution in [0, 0.1) is 39.2 Å². The summed E-state index contributed by atoms with van der Waals surface area (Å²) in [5.74, 6) is -0.987. The van der Waals surface area contributed by atoms with Crippen LogP contribution in [0.5, 0.6) is 0 Å². The molecular formula is C17H13ClN2O4. The SMILES string of the molecule is O=C1[C@@H]2[C@@H](C(=O)N1c1cc([N+](=O)[O-])ccc1Cl)[C@H]1C=C[C@H]2C12CC2. The first-order valence-corrected chi connectivity index (χ1v) is 8.33. The summed E-state index contributed by atoms with van der Waals surface area (Å²) < 4.78 is 0. The number of non-ortho nitro benzene ring substituents is 1. The van der Waals surface area contributed by atoms with Crippen LogP contribution in [0.1, 0.15) is 12.8 Å². The Kier molecular flexibility index (Phi) is 2.51. The molecule has 1 heterocycles. The molecule has 3 aliphatic carbocycles. The molecule has 5 rings (SSSR count). The van der Waals surface area contributed by atoms with Gasteiger partial charge in [-0.05, 0) is 36.2 Å². The van der Waals surface area contributed by atoms with Gasteiger partial charge in [-0.2, -0.15) is 0 Å². The molecule has 122 valence electrons. The molecule has 1 aromatic carbocycles. The monoisotopic (exact) mass is 344 g/mol. The third-order valence-electron chi connectivity index (χ3n) is 6.23. The maximum atomic E-state index is 13.0. The van der Waals surface area contributed by atoms with Gasteiger partial charge in [-0.25, -0.2) is 4.90 Å². The first kappa shape index (κ1) is 14.2. The Labute approximate surface area is 142 Å². The first-order valence-electron chi connectivity index (χ1n) is 7.96. The van der Waals surface area contributed by atoms with Crippen molar-refractivity contribution in [2.45, 2.75) is 12.8 Å². The number of nitro groups is 1. The van der Waals surface area contributed by atoms with E-state index in [0.29, 0.717) is 0 Å². The lowest BCUT2D eigenvalue weighted by Gasteiger charge is -2.22. The normalized spacial score (nSPS) is 34.3. The number of hydrogen-bond donors (Lipinski definition) is 0. The van der Waals surface area contributed by atoms with Gasteiger partial charge < -0.3 is 0 Å². The van der Waals surface area contributed by atoms with Crippen LogP contribution in [0.3, 0.4) is 0 Å². The lowest BCUT2D eigenvalue weighted by atomic mass is 9.85. The third-order valence-corrected chi connectivity index (χ3v) is 6.55. The van der Waals surface area contributed by atoms with E-state index < -0.39 is 4.92 Å². The lowest BCUT2D eigenvalue weighted by molar-refractivity contribution is -0.384. The van der Waals surface area contributed by atoms with E-state index in [2.05, 4.69) is 12.2 Å². The van der Waals surface area contributed by atoms with E-state index in [0.717, 1.165) is 17.7 Å². The Hall–Kier alpha value is -2.21. The zero-order chi connectivity index (χ0) is 16.8. The largest absolute Gasteiger partial charge is 0.274 e. The molecule has 1 aliphatic heterocycles. The fourth-order valence-electron chi connectivity index (χ4n) is 5.10. The number of hydrogen-bond acceptors (Lipinski definition) is 4. The minimum atomic E-state index is -0.559. The molecule has 3 fully saturated rings. The summed E-state index contributed by atoms with van der Waals surface area (Å²) in [7, 11) is 0. The number of anilines is 1. The summed E-state index contributed by atoms with van der Waals surface area (Å²) in [5, 5.41) is 11.2. The lowest BCUT2D eigenvalue weighted by Crippen LogP contribution is -2.35. The highest BCUT2D eigenvalue weighted by molar-refractivity contribution is 6.36. The van der Waals surface area contributed by atoms with Gasteiger partial charge in [-0.15, -0.1) is 0 Å². The van der Waals surface area contributed by atoms with E-state index in [-0.39, 0.29) is 57.3 Å². The number of benzene rings is 1. The maximum absolute atomic E-state index is 13.0. The van der Waals surface area contributed by atoms with Crippen LogP contribution in [-0.4, -0.2) is 16.7 Å². The molecule has 0 unspecified atom stereocenters. The molecule has 2 saturated carbocycles. The highest BCUT2D eigenvalue weighted by atomic mass is 35.5. The summed E-state index contributed by atoms with van der Waals surface area (Å²) in [6.07, 6.45) is 6.31. The predicted octanol–water partition coefficient (Wildman–Crippen LogP) is 2.95. The second kappa shape index (κ2) is 4.25. The molecule has 2 amide bonds. The highest BCUT2D eigenvalue weighted by Gasteiger charge is 2.73. The smallest absolute Gasteiger partial charge is 0.271 e. The number of rotatable bonds is 2. The molecule has 0 radical (unpaired) electrons. The second-order valence-corrected chi connectivity index (χ2v) is 7.53. The van der Waals surface area contributed by atoms with Gasteiger partial charge in [0.1, 0.15) is 0 Å². The number of allylic oxidation sites excluding steroid dienone is 2. The average molecular weight is 345 g/mol. The molecule has 4 atom stereocenters. The molecule has 0 N–H and O–H groups in total. The fourth-order valence-corrected chi connectivity index (χ4v) is 5.30. The van der Waals surface area contributed by atoms with Crippen molar-refractivity contribution < 1.29 is 14.5 Å². The van der Waals surface area contributed by atoms with Gasteiger partial charge in [-0.3, -0.25) is 19.7 Å². The fraction of sp³-hybridized carbons (Fsp3) is 0.412. The van der Waals surface area contributed by atoms with Crippen molar-refractivity contribution in [1.29, 1.82) is 0 Å². The van der Waals surface area contributed by atoms with E-state index in [9.17, 15) is 19.7 Å². The zero-order valence-corrected chi connectivity index (χ0v) is 13.3. The molecule has 0 aromatic heterocycles. The molecule has 4 aliphatic rings. The summed E-state index contributed by atoms with van der Waals surface area (Å²) >= 11 is 6.14. The minimum Gasteiger partial charge on any atom is -0.274 e. The van der Waals surface area contributed by atoms with Crippen LogP contribution >= 0.6 is 11.6 Å². The number of imide groups is 1. The van der Waals surface area contributed by atoms with Crippen LogP contribution in [0.15, 0.2) is 30.4 Å². The van der Waals surface area contributed by atoms with Gasteiger partial charge >= 0.3 is 0 Å². The summed E-state index contributed by atoms with van der Waals surface area (Å²) in [4.78, 5) is 37.5. The van der Waals surface area contributed by atoms with Crippen LogP contribution < -0.4 is 4.90 Å². The van der Waals surface area contributed by atoms with Gasteiger partial charge in [0, 0.05) is 12.1 Å². The Morgan fingerprint density at radius 3 is 2.21 bits per heavy atom. The standard InChI is InChI=1S/C17H13ClN2O4/c18-11-4-1-8(20(23)24)7-12(11)19-15(21)13-9-2-3-10(14(13)16(19)22)17(9)5-6-17/h1-4,7,9-10,13-14H,5-6H2/t9-,10-,13+,14+/m1/s1. The quantitative estimate of drug-likeness (QED) is 0.357. The Morgan fingerprint density at radius 1 is 1.12 bits per heavy atom. The summed E-state index contributed by atoms with van der Waals surface area (Å²) in [6.45, 7) is 0. The van der Waals surface area contributed by atoms with Crippen molar-refractivity contribution in [3.8, 4) is 0 Å². The molecule has 6 nitrogen and oxygen atoms in total. The highest BCUT2D eigenvalue weighted by Crippen LogP contribution is 2.73. The summed E-state index contributed by atoms with van der Waals surface area (Å²) in [5.41, 5.74) is 0.0606. The topological polar surface area (TPSA) is 80.5 Å². The number of amides is 2. The van der Waals surface area contributed by atoms with Crippen molar-refractivity contribution in [1.82, 2.24) is 0 Å². The van der Waals surface area contributed by atoms with Gasteiger partial charge in [0.25, 0.3) is 5.69 Å². The molecule has 7 heteroatoms. The van der Waals surface area contributed by atoms with E-state index in [1.54, 1.807) is 0 Å².